The maximum absolute atomic E-state index is 11.0. The molecule has 6 heteroatoms. The number of aliphatic carboxylic acids is 1. The van der Waals surface area contributed by atoms with Crippen LogP contribution in [0.5, 0.6) is 0 Å². The van der Waals surface area contributed by atoms with E-state index in [4.69, 9.17) is 9.90 Å². The van der Waals surface area contributed by atoms with E-state index in [2.05, 4.69) is 46.5 Å². The van der Waals surface area contributed by atoms with Crippen LogP contribution in [0.2, 0.25) is 0 Å². The highest BCUT2D eigenvalue weighted by Crippen LogP contribution is 2.03. The molecule has 1 amide bonds. The van der Waals surface area contributed by atoms with E-state index in [1.165, 1.54) is 6.08 Å². The monoisotopic (exact) mass is 278 g/mol. The van der Waals surface area contributed by atoms with Crippen molar-refractivity contribution in [1.29, 1.82) is 0 Å². The number of nitrogens with zero attached hydrogens (tertiary/aromatic N) is 1. The molecule has 106 valence electrons. The molecule has 0 radical (unpaired) electrons. The minimum Gasteiger partial charge on any atom is -0.545 e. The van der Waals surface area contributed by atoms with Gasteiger partial charge in [0.2, 0.25) is 5.91 Å². The molecule has 0 aromatic rings. The van der Waals surface area contributed by atoms with Gasteiger partial charge >= 0.3 is 0 Å². The van der Waals surface area contributed by atoms with Crippen LogP contribution in [-0.4, -0.2) is 43.7 Å². The summed E-state index contributed by atoms with van der Waals surface area (Å²) in [6, 6.07) is 0. The summed E-state index contributed by atoms with van der Waals surface area (Å²) in [5.41, 5.74) is 0. The molecule has 0 aliphatic rings. The number of rotatable bonds is 5. The number of carboxylic acid groups (broad SMARTS) is 1. The Morgan fingerprint density at radius 3 is 1.83 bits per heavy atom. The van der Waals surface area contributed by atoms with Gasteiger partial charge in [0.1, 0.15) is 0 Å². The van der Waals surface area contributed by atoms with Crippen LogP contribution in [0.3, 0.4) is 0 Å². The van der Waals surface area contributed by atoms with Crippen LogP contribution in [0, 0.1) is 0 Å². The summed E-state index contributed by atoms with van der Waals surface area (Å²) in [7, 11) is 6.16. The number of hydrogen-bond donors (Lipinski definition) is 1. The topological polar surface area (TPSA) is 69.2 Å². The number of carboxylic acids is 1. The molecule has 0 rings (SSSR count). The minimum atomic E-state index is -1.23. The van der Waals surface area contributed by atoms with Crippen molar-refractivity contribution in [3.05, 3.63) is 25.3 Å². The van der Waals surface area contributed by atoms with Gasteiger partial charge in [-0.3, -0.25) is 4.79 Å². The number of quaternary nitrogens is 1. The Morgan fingerprint density at radius 1 is 1.28 bits per heavy atom. The highest BCUT2D eigenvalue weighted by Gasteiger charge is 2.22. The number of hydrogen-bond acceptors (Lipinski definition) is 3. The fraction of sp³-hybridized carbons (Fsp3) is 0.500. The van der Waals surface area contributed by atoms with Crippen LogP contribution in [0.15, 0.2) is 25.3 Å². The molecular formula is C12H23ClN2O3. The van der Waals surface area contributed by atoms with E-state index in [1.807, 2.05) is 0 Å². The van der Waals surface area contributed by atoms with E-state index >= 15 is 0 Å². The van der Waals surface area contributed by atoms with Crippen LogP contribution < -0.4 is 10.4 Å². The van der Waals surface area contributed by atoms with Gasteiger partial charge in [-0.15, -0.1) is 12.4 Å². The Labute approximate surface area is 115 Å². The van der Waals surface area contributed by atoms with Gasteiger partial charge < -0.3 is 19.7 Å². The van der Waals surface area contributed by atoms with Gasteiger partial charge in [-0.1, -0.05) is 20.1 Å². The quantitative estimate of drug-likeness (QED) is 0.440. The van der Waals surface area contributed by atoms with Gasteiger partial charge in [-0.25, -0.2) is 0 Å². The van der Waals surface area contributed by atoms with E-state index in [0.29, 0.717) is 0 Å². The summed E-state index contributed by atoms with van der Waals surface area (Å²) in [5, 5.41) is 12.0. The summed E-state index contributed by atoms with van der Waals surface area (Å²) in [6.45, 7) is 8.36. The highest BCUT2D eigenvalue weighted by atomic mass is 35.5. The number of halogens is 1. The van der Waals surface area contributed by atoms with Crippen LogP contribution in [0.1, 0.15) is 13.3 Å². The first-order valence-electron chi connectivity index (χ1n) is 5.26. The maximum Gasteiger partial charge on any atom is 0.247 e. The standard InChI is InChI=1S/C9H18N2O.C3H4O2.ClH/c1-6-8(11(3,4)5)10-9(12)7-2;1-2-3(4)5;/h7-8H,2,6H2,1,3-5H3;2H,1H2,(H,4,5);1H. The lowest BCUT2D eigenvalue weighted by atomic mass is 10.3. The van der Waals surface area contributed by atoms with E-state index in [9.17, 15) is 4.79 Å². The fourth-order valence-electron chi connectivity index (χ4n) is 1.07. The van der Waals surface area contributed by atoms with Gasteiger partial charge in [-0.2, -0.15) is 0 Å². The lowest BCUT2D eigenvalue weighted by Crippen LogP contribution is -2.54. The van der Waals surface area contributed by atoms with Crippen LogP contribution in [-0.2, 0) is 9.59 Å². The third-order valence-corrected chi connectivity index (χ3v) is 1.98. The average molecular weight is 279 g/mol. The molecule has 0 aromatic heterocycles. The Hall–Kier alpha value is -1.33. The van der Waals surface area contributed by atoms with E-state index in [-0.39, 0.29) is 24.5 Å². The van der Waals surface area contributed by atoms with Crippen molar-refractivity contribution in [1.82, 2.24) is 5.32 Å². The van der Waals surface area contributed by atoms with Crippen molar-refractivity contribution < 1.29 is 19.2 Å². The zero-order chi connectivity index (χ0) is 14.1. The van der Waals surface area contributed by atoms with Gasteiger partial charge in [-0.05, 0) is 12.2 Å². The SMILES string of the molecule is C=CC(=O)NC(CC)[N+](C)(C)C.C=CC(=O)[O-].Cl. The summed E-state index contributed by atoms with van der Waals surface area (Å²) in [4.78, 5) is 20.1. The molecule has 5 nitrogen and oxygen atoms in total. The van der Waals surface area contributed by atoms with Crippen molar-refractivity contribution in [2.24, 2.45) is 0 Å². The average Bonchev–Trinajstić information content (AvgIpc) is 2.24. The minimum absolute atomic E-state index is 0. The summed E-state index contributed by atoms with van der Waals surface area (Å²) in [6.07, 6.45) is 3.11. The molecule has 0 aliphatic heterocycles. The molecule has 0 fully saturated rings. The van der Waals surface area contributed by atoms with Crippen molar-refractivity contribution in [3.63, 3.8) is 0 Å². The van der Waals surface area contributed by atoms with E-state index in [1.54, 1.807) is 0 Å². The predicted octanol–water partition coefficient (Wildman–Crippen LogP) is 0.0750. The Morgan fingerprint density at radius 2 is 1.67 bits per heavy atom. The Kier molecular flexibility index (Phi) is 13.1. The van der Waals surface area contributed by atoms with Crippen LogP contribution in [0.4, 0.5) is 0 Å². The van der Waals surface area contributed by atoms with Gasteiger partial charge in [0.25, 0.3) is 0 Å². The first-order chi connectivity index (χ1) is 7.68. The molecule has 0 spiro atoms. The second kappa shape index (κ2) is 10.8. The van der Waals surface area contributed by atoms with Crippen molar-refractivity contribution in [2.45, 2.75) is 19.5 Å². The number of carbonyl (C=O) groups is 2. The van der Waals surface area contributed by atoms with Crippen molar-refractivity contribution in [2.75, 3.05) is 21.1 Å². The zero-order valence-corrected chi connectivity index (χ0v) is 12.3. The van der Waals surface area contributed by atoms with Gasteiger partial charge in [0, 0.05) is 6.42 Å². The second-order valence-corrected chi connectivity index (χ2v) is 4.28. The van der Waals surface area contributed by atoms with Crippen molar-refractivity contribution in [3.8, 4) is 0 Å². The molecule has 1 atom stereocenters. The lowest BCUT2D eigenvalue weighted by molar-refractivity contribution is -0.898. The fourth-order valence-corrected chi connectivity index (χ4v) is 1.07. The molecule has 0 aliphatic carbocycles. The third kappa shape index (κ3) is 12.7. The molecule has 0 heterocycles. The summed E-state index contributed by atoms with van der Waals surface area (Å²) in [5.74, 6) is -1.33. The van der Waals surface area contributed by atoms with Crippen LogP contribution >= 0.6 is 12.4 Å². The van der Waals surface area contributed by atoms with E-state index in [0.717, 1.165) is 17.0 Å². The molecule has 0 bridgehead atoms. The van der Waals surface area contributed by atoms with Gasteiger partial charge in [0.15, 0.2) is 6.17 Å². The first kappa shape index (κ1) is 21.9. The largest absolute Gasteiger partial charge is 0.545 e. The molecule has 1 N–H and O–H groups in total. The normalized spacial score (nSPS) is 10.9. The third-order valence-electron chi connectivity index (χ3n) is 1.98. The molecule has 0 aromatic carbocycles. The first-order valence-corrected chi connectivity index (χ1v) is 5.26. The smallest absolute Gasteiger partial charge is 0.247 e. The lowest BCUT2D eigenvalue weighted by Gasteiger charge is -2.33. The zero-order valence-electron chi connectivity index (χ0n) is 11.4. The second-order valence-electron chi connectivity index (χ2n) is 4.28. The van der Waals surface area contributed by atoms with Crippen LogP contribution in [0.25, 0.3) is 0 Å². The Balaban J connectivity index is -0.000000321. The number of amides is 1. The highest BCUT2D eigenvalue weighted by molar-refractivity contribution is 5.86. The van der Waals surface area contributed by atoms with Gasteiger partial charge in [0.05, 0.1) is 27.1 Å². The summed E-state index contributed by atoms with van der Waals surface area (Å²) < 4.78 is 0.732. The molecule has 0 saturated carbocycles. The number of carbonyl (C=O) groups excluding carboxylic acids is 2. The Bertz CT molecular complexity index is 286. The van der Waals surface area contributed by atoms with Crippen molar-refractivity contribution >= 4 is 24.3 Å². The summed E-state index contributed by atoms with van der Waals surface area (Å²) >= 11 is 0. The predicted molar refractivity (Wildman–Crippen MR) is 72.9 cm³/mol. The molecule has 18 heavy (non-hydrogen) atoms. The maximum atomic E-state index is 11.0. The van der Waals surface area contributed by atoms with E-state index < -0.39 is 5.97 Å². The molecule has 1 unspecified atom stereocenters. The number of nitrogens with one attached hydrogen (secondary N) is 1. The molecule has 0 saturated heterocycles. The molecular weight excluding hydrogens is 256 g/mol.